The largest absolute Gasteiger partial charge is 0.377 e. The molecule has 20 heavy (non-hydrogen) atoms. The van der Waals surface area contributed by atoms with E-state index >= 15 is 0 Å². The number of hydrogen-bond acceptors (Lipinski definition) is 6. The van der Waals surface area contributed by atoms with Gasteiger partial charge in [-0.1, -0.05) is 0 Å². The Morgan fingerprint density at radius 2 is 2.40 bits per heavy atom. The van der Waals surface area contributed by atoms with E-state index in [1.807, 2.05) is 6.92 Å². The lowest BCUT2D eigenvalue weighted by Gasteiger charge is -2.33. The zero-order valence-corrected chi connectivity index (χ0v) is 12.3. The molecule has 1 aliphatic rings. The Bertz CT molecular complexity index is 503. The Morgan fingerprint density at radius 1 is 1.65 bits per heavy atom. The van der Waals surface area contributed by atoms with Crippen LogP contribution in [-0.4, -0.2) is 54.5 Å². The molecule has 0 saturated carbocycles. The van der Waals surface area contributed by atoms with Gasteiger partial charge < -0.3 is 20.7 Å². The van der Waals surface area contributed by atoms with Crippen LogP contribution < -0.4 is 11.1 Å². The number of nitrogens with two attached hydrogens (primary N) is 1. The van der Waals surface area contributed by atoms with Crippen LogP contribution >= 0.6 is 11.3 Å². The molecule has 2 heterocycles. The quantitative estimate of drug-likeness (QED) is 0.802. The Kier molecular flexibility index (Phi) is 4.69. The van der Waals surface area contributed by atoms with Crippen molar-refractivity contribution in [3.05, 3.63) is 16.1 Å². The zero-order chi connectivity index (χ0) is 14.7. The van der Waals surface area contributed by atoms with Gasteiger partial charge in [0.2, 0.25) is 5.91 Å². The highest BCUT2D eigenvalue weighted by atomic mass is 32.1. The molecule has 1 aliphatic heterocycles. The molecule has 0 spiro atoms. The minimum atomic E-state index is -0.610. The molecule has 110 valence electrons. The predicted octanol–water partition coefficient (Wildman–Crippen LogP) is -0.250. The first kappa shape index (κ1) is 14.9. The van der Waals surface area contributed by atoms with Crippen LogP contribution in [0.1, 0.15) is 28.5 Å². The molecule has 2 atom stereocenters. The van der Waals surface area contributed by atoms with E-state index in [1.54, 1.807) is 5.38 Å². The molecule has 1 aromatic heterocycles. The molecule has 0 aromatic carbocycles. The highest BCUT2D eigenvalue weighted by Crippen LogP contribution is 2.19. The number of likely N-dealkylation sites (N-methyl/N-ethyl adjacent to an activating group) is 1. The number of hydrogen-bond donors (Lipinski definition) is 2. The van der Waals surface area contributed by atoms with Crippen molar-refractivity contribution < 1.29 is 14.3 Å². The normalized spacial score (nSPS) is 20.6. The number of ether oxygens (including phenoxy) is 1. The van der Waals surface area contributed by atoms with Gasteiger partial charge in [0.05, 0.1) is 19.3 Å². The van der Waals surface area contributed by atoms with Crippen molar-refractivity contribution in [1.82, 2.24) is 15.2 Å². The summed E-state index contributed by atoms with van der Waals surface area (Å²) in [6.07, 6.45) is 0. The van der Waals surface area contributed by atoms with Gasteiger partial charge in [0.15, 0.2) is 0 Å². The number of morpholine rings is 1. The minimum absolute atomic E-state index is 0.204. The van der Waals surface area contributed by atoms with E-state index in [0.717, 1.165) is 0 Å². The van der Waals surface area contributed by atoms with Crippen LogP contribution in [0.2, 0.25) is 0 Å². The van der Waals surface area contributed by atoms with E-state index in [0.29, 0.717) is 23.9 Å². The summed E-state index contributed by atoms with van der Waals surface area (Å²) in [4.78, 5) is 30.0. The summed E-state index contributed by atoms with van der Waals surface area (Å²) < 4.78 is 5.27. The lowest BCUT2D eigenvalue weighted by atomic mass is 10.2. The number of amides is 2. The second kappa shape index (κ2) is 6.29. The maximum Gasteiger partial charge on any atom is 0.274 e. The molecule has 1 fully saturated rings. The zero-order valence-electron chi connectivity index (χ0n) is 11.5. The van der Waals surface area contributed by atoms with Crippen LogP contribution in [0.3, 0.4) is 0 Å². The fourth-order valence-electron chi connectivity index (χ4n) is 1.97. The number of rotatable bonds is 3. The lowest BCUT2D eigenvalue weighted by Crippen LogP contribution is -2.55. The van der Waals surface area contributed by atoms with Crippen LogP contribution in [-0.2, 0) is 9.53 Å². The van der Waals surface area contributed by atoms with Gasteiger partial charge in [0, 0.05) is 19.0 Å². The summed E-state index contributed by atoms with van der Waals surface area (Å²) in [5.74, 6) is -0.495. The predicted molar refractivity (Wildman–Crippen MR) is 74.4 cm³/mol. The van der Waals surface area contributed by atoms with Gasteiger partial charge in [0.25, 0.3) is 5.91 Å². The molecule has 0 radical (unpaired) electrons. The summed E-state index contributed by atoms with van der Waals surface area (Å²) in [6.45, 7) is 2.82. The lowest BCUT2D eigenvalue weighted by molar-refractivity contribution is -0.130. The summed E-state index contributed by atoms with van der Waals surface area (Å²) in [5, 5.41) is 4.93. The van der Waals surface area contributed by atoms with Gasteiger partial charge in [-0.15, -0.1) is 11.3 Å². The number of aromatic nitrogens is 1. The minimum Gasteiger partial charge on any atom is -0.377 e. The third kappa shape index (κ3) is 2.97. The molecule has 2 unspecified atom stereocenters. The Hall–Kier alpha value is -1.51. The first-order valence-electron chi connectivity index (χ1n) is 6.36. The van der Waals surface area contributed by atoms with Crippen LogP contribution in [0, 0.1) is 0 Å². The molecule has 2 amide bonds. The standard InChI is InChI=1S/C12H18N4O3S/c1-7(13)11-15-8(6-20-11)12(18)16-3-4-19-5-9(16)10(17)14-2/h6-7,9H,3-5,13H2,1-2H3,(H,14,17). The van der Waals surface area contributed by atoms with Crippen molar-refractivity contribution in [1.29, 1.82) is 0 Å². The summed E-state index contributed by atoms with van der Waals surface area (Å²) >= 11 is 1.35. The molecule has 2 rings (SSSR count). The summed E-state index contributed by atoms with van der Waals surface area (Å²) in [6, 6.07) is -0.817. The first-order chi connectivity index (χ1) is 9.54. The van der Waals surface area contributed by atoms with Crippen molar-refractivity contribution in [2.24, 2.45) is 5.73 Å². The average molecular weight is 298 g/mol. The maximum absolute atomic E-state index is 12.5. The van der Waals surface area contributed by atoms with Gasteiger partial charge in [-0.3, -0.25) is 9.59 Å². The van der Waals surface area contributed by atoms with Crippen molar-refractivity contribution in [2.75, 3.05) is 26.8 Å². The highest BCUT2D eigenvalue weighted by Gasteiger charge is 2.33. The molecule has 0 bridgehead atoms. The van der Waals surface area contributed by atoms with Crippen LogP contribution in [0.5, 0.6) is 0 Å². The number of nitrogens with zero attached hydrogens (tertiary/aromatic N) is 2. The van der Waals surface area contributed by atoms with Gasteiger partial charge in [-0.25, -0.2) is 4.98 Å². The van der Waals surface area contributed by atoms with E-state index in [1.165, 1.54) is 23.3 Å². The van der Waals surface area contributed by atoms with Crippen molar-refractivity contribution in [3.8, 4) is 0 Å². The Morgan fingerprint density at radius 3 is 3.00 bits per heavy atom. The molecule has 7 nitrogen and oxygen atoms in total. The second-order valence-electron chi connectivity index (χ2n) is 4.56. The molecular weight excluding hydrogens is 280 g/mol. The Labute approximate surface area is 121 Å². The number of carbonyl (C=O) groups excluding carboxylic acids is 2. The molecule has 1 saturated heterocycles. The van der Waals surface area contributed by atoms with Gasteiger partial charge in [-0.05, 0) is 6.92 Å². The fourth-order valence-corrected chi connectivity index (χ4v) is 2.72. The highest BCUT2D eigenvalue weighted by molar-refractivity contribution is 7.09. The Balaban J connectivity index is 2.18. The third-order valence-electron chi connectivity index (χ3n) is 3.07. The van der Waals surface area contributed by atoms with Gasteiger partial charge >= 0.3 is 0 Å². The molecule has 0 aliphatic carbocycles. The SMILES string of the molecule is CNC(=O)C1COCCN1C(=O)c1csc(C(C)N)n1. The topological polar surface area (TPSA) is 97.5 Å². The van der Waals surface area contributed by atoms with Crippen molar-refractivity contribution in [2.45, 2.75) is 19.0 Å². The second-order valence-corrected chi connectivity index (χ2v) is 5.45. The van der Waals surface area contributed by atoms with Crippen molar-refractivity contribution in [3.63, 3.8) is 0 Å². The van der Waals surface area contributed by atoms with Crippen LogP contribution in [0.4, 0.5) is 0 Å². The van der Waals surface area contributed by atoms with E-state index in [4.69, 9.17) is 10.5 Å². The van der Waals surface area contributed by atoms with E-state index in [9.17, 15) is 9.59 Å². The molecule has 1 aromatic rings. The van der Waals surface area contributed by atoms with Gasteiger partial charge in [-0.2, -0.15) is 0 Å². The summed E-state index contributed by atoms with van der Waals surface area (Å²) in [7, 11) is 1.54. The van der Waals surface area contributed by atoms with Crippen LogP contribution in [0.15, 0.2) is 5.38 Å². The average Bonchev–Trinajstić information content (AvgIpc) is 2.95. The fraction of sp³-hybridized carbons (Fsp3) is 0.583. The monoisotopic (exact) mass is 298 g/mol. The first-order valence-corrected chi connectivity index (χ1v) is 7.24. The number of carbonyl (C=O) groups is 2. The van der Waals surface area contributed by atoms with Crippen LogP contribution in [0.25, 0.3) is 0 Å². The number of thiazole rings is 1. The van der Waals surface area contributed by atoms with E-state index < -0.39 is 6.04 Å². The van der Waals surface area contributed by atoms with Crippen molar-refractivity contribution >= 4 is 23.2 Å². The molecule has 8 heteroatoms. The molecular formula is C12H18N4O3S. The van der Waals surface area contributed by atoms with Gasteiger partial charge in [0.1, 0.15) is 16.7 Å². The smallest absolute Gasteiger partial charge is 0.274 e. The molecule has 3 N–H and O–H groups in total. The summed E-state index contributed by atoms with van der Waals surface area (Å²) in [5.41, 5.74) is 6.07. The van der Waals surface area contributed by atoms with E-state index in [-0.39, 0.29) is 24.5 Å². The maximum atomic E-state index is 12.5. The van der Waals surface area contributed by atoms with E-state index in [2.05, 4.69) is 10.3 Å². The third-order valence-corrected chi connectivity index (χ3v) is 4.11. The number of nitrogens with one attached hydrogen (secondary N) is 1.